The smallest absolute Gasteiger partial charge is 0.256 e. The van der Waals surface area contributed by atoms with Crippen LogP contribution in [0.15, 0.2) is 24.3 Å². The number of nitrogens with zero attached hydrogens (tertiary/aromatic N) is 3. The van der Waals surface area contributed by atoms with E-state index >= 15 is 0 Å². The number of amides is 2. The highest BCUT2D eigenvalue weighted by atomic mass is 16.2. The van der Waals surface area contributed by atoms with Crippen molar-refractivity contribution in [3.8, 4) is 0 Å². The molecule has 1 aliphatic heterocycles. The van der Waals surface area contributed by atoms with Gasteiger partial charge in [-0.15, -0.1) is 0 Å². The van der Waals surface area contributed by atoms with Crippen LogP contribution in [0.1, 0.15) is 74.3 Å². The molecule has 0 aliphatic carbocycles. The first-order valence-electron chi connectivity index (χ1n) is 10.7. The number of hydrogen-bond donors (Lipinski definition) is 2. The summed E-state index contributed by atoms with van der Waals surface area (Å²) in [6.07, 6.45) is 1.20. The van der Waals surface area contributed by atoms with Crippen LogP contribution in [-0.4, -0.2) is 26.6 Å². The van der Waals surface area contributed by atoms with E-state index in [1.54, 1.807) is 0 Å². The maximum absolute atomic E-state index is 13.4. The zero-order valence-corrected chi connectivity index (χ0v) is 19.0. The van der Waals surface area contributed by atoms with E-state index in [1.165, 1.54) is 0 Å². The van der Waals surface area contributed by atoms with Crippen LogP contribution in [0, 0.1) is 6.92 Å². The van der Waals surface area contributed by atoms with Gasteiger partial charge in [0, 0.05) is 23.5 Å². The number of fused-ring (bicyclic) bond motifs is 2. The largest absolute Gasteiger partial charge is 0.326 e. The minimum absolute atomic E-state index is 0.00128. The van der Waals surface area contributed by atoms with Gasteiger partial charge in [0.2, 0.25) is 5.91 Å². The SMILES string of the molecule is Cc1nn(C(C)(C)C)c2nc(C(C)C)cc(C(=O)Nc3ccc4c(c3)NC(=O)CC4)c12. The van der Waals surface area contributed by atoms with Crippen molar-refractivity contribution >= 4 is 34.2 Å². The average Bonchev–Trinajstić information content (AvgIpc) is 3.04. The molecule has 2 aromatic heterocycles. The molecule has 0 atom stereocenters. The zero-order chi connectivity index (χ0) is 22.5. The summed E-state index contributed by atoms with van der Waals surface area (Å²) in [5.74, 6) is -0.0508. The Morgan fingerprint density at radius 1 is 1.19 bits per heavy atom. The number of carbonyl (C=O) groups is 2. The molecule has 7 heteroatoms. The molecule has 0 saturated heterocycles. The van der Waals surface area contributed by atoms with Crippen molar-refractivity contribution in [1.82, 2.24) is 14.8 Å². The Morgan fingerprint density at radius 2 is 1.94 bits per heavy atom. The van der Waals surface area contributed by atoms with Crippen LogP contribution >= 0.6 is 0 Å². The zero-order valence-electron chi connectivity index (χ0n) is 19.0. The molecule has 1 aliphatic rings. The van der Waals surface area contributed by atoms with Gasteiger partial charge in [0.1, 0.15) is 0 Å². The first kappa shape index (κ1) is 21.0. The van der Waals surface area contributed by atoms with Gasteiger partial charge < -0.3 is 10.6 Å². The third kappa shape index (κ3) is 3.92. The van der Waals surface area contributed by atoms with E-state index in [0.717, 1.165) is 33.7 Å². The second kappa shape index (κ2) is 7.48. The molecule has 2 amide bonds. The van der Waals surface area contributed by atoms with Crippen molar-refractivity contribution < 1.29 is 9.59 Å². The van der Waals surface area contributed by atoms with Crippen molar-refractivity contribution in [1.29, 1.82) is 0 Å². The quantitative estimate of drug-likeness (QED) is 0.641. The van der Waals surface area contributed by atoms with Gasteiger partial charge >= 0.3 is 0 Å². The number of aromatic nitrogens is 3. The van der Waals surface area contributed by atoms with Gasteiger partial charge in [-0.05, 0) is 63.8 Å². The Kier molecular flexibility index (Phi) is 5.07. The summed E-state index contributed by atoms with van der Waals surface area (Å²) in [6, 6.07) is 7.51. The molecular weight excluding hydrogens is 390 g/mol. The fraction of sp³-hybridized carbons (Fsp3) is 0.417. The monoisotopic (exact) mass is 419 g/mol. The molecule has 0 bridgehead atoms. The maximum Gasteiger partial charge on any atom is 0.256 e. The van der Waals surface area contributed by atoms with Crippen LogP contribution in [0.4, 0.5) is 11.4 Å². The molecule has 7 nitrogen and oxygen atoms in total. The van der Waals surface area contributed by atoms with Gasteiger partial charge in [-0.1, -0.05) is 19.9 Å². The Hall–Kier alpha value is -3.22. The van der Waals surface area contributed by atoms with Crippen molar-refractivity contribution in [3.63, 3.8) is 0 Å². The van der Waals surface area contributed by atoms with Gasteiger partial charge in [-0.3, -0.25) is 9.59 Å². The van der Waals surface area contributed by atoms with E-state index in [9.17, 15) is 9.59 Å². The normalized spacial score (nSPS) is 14.0. The minimum atomic E-state index is -0.264. The summed E-state index contributed by atoms with van der Waals surface area (Å²) in [7, 11) is 0. The van der Waals surface area contributed by atoms with Crippen LogP contribution in [0.5, 0.6) is 0 Å². The van der Waals surface area contributed by atoms with Crippen molar-refractivity contribution in [2.45, 2.75) is 65.8 Å². The first-order chi connectivity index (χ1) is 14.5. The van der Waals surface area contributed by atoms with Crippen molar-refractivity contribution in [3.05, 3.63) is 46.8 Å². The third-order valence-corrected chi connectivity index (χ3v) is 5.57. The standard InChI is InChI=1S/C24H29N5O2/c1-13(2)18-12-17(21-14(3)28-29(22(21)27-18)24(4,5)6)23(31)25-16-9-7-15-8-10-20(30)26-19(15)11-16/h7,9,11-13H,8,10H2,1-6H3,(H,25,31)(H,26,30). The van der Waals surface area contributed by atoms with Crippen molar-refractivity contribution in [2.75, 3.05) is 10.6 Å². The van der Waals surface area contributed by atoms with Crippen LogP contribution < -0.4 is 10.6 Å². The lowest BCUT2D eigenvalue weighted by Crippen LogP contribution is -2.24. The van der Waals surface area contributed by atoms with E-state index in [0.29, 0.717) is 24.1 Å². The highest BCUT2D eigenvalue weighted by molar-refractivity contribution is 6.13. The fourth-order valence-corrected chi connectivity index (χ4v) is 3.90. The predicted octanol–water partition coefficient (Wildman–Crippen LogP) is 4.76. The van der Waals surface area contributed by atoms with Crippen LogP contribution in [-0.2, 0) is 16.8 Å². The molecule has 1 aromatic carbocycles. The third-order valence-electron chi connectivity index (χ3n) is 5.57. The molecule has 0 saturated carbocycles. The molecule has 0 spiro atoms. The number of aryl methyl sites for hydroxylation is 2. The lowest BCUT2D eigenvalue weighted by atomic mass is 10.0. The van der Waals surface area contributed by atoms with E-state index in [1.807, 2.05) is 35.9 Å². The van der Waals surface area contributed by atoms with Crippen LogP contribution in [0.2, 0.25) is 0 Å². The number of carbonyl (C=O) groups excluding carboxylic acids is 2. The predicted molar refractivity (Wildman–Crippen MR) is 123 cm³/mol. The molecule has 0 unspecified atom stereocenters. The second-order valence-corrected chi connectivity index (χ2v) is 9.49. The Bertz CT molecular complexity index is 1200. The Morgan fingerprint density at radius 3 is 2.61 bits per heavy atom. The molecule has 0 radical (unpaired) electrons. The maximum atomic E-state index is 13.4. The molecule has 0 fully saturated rings. The van der Waals surface area contributed by atoms with E-state index in [4.69, 9.17) is 10.1 Å². The molecule has 3 heterocycles. The fourth-order valence-electron chi connectivity index (χ4n) is 3.90. The lowest BCUT2D eigenvalue weighted by Gasteiger charge is -2.20. The van der Waals surface area contributed by atoms with Gasteiger partial charge in [-0.25, -0.2) is 9.67 Å². The van der Waals surface area contributed by atoms with Crippen molar-refractivity contribution in [2.24, 2.45) is 0 Å². The highest BCUT2D eigenvalue weighted by Gasteiger charge is 2.25. The highest BCUT2D eigenvalue weighted by Crippen LogP contribution is 2.30. The minimum Gasteiger partial charge on any atom is -0.326 e. The summed E-state index contributed by atoms with van der Waals surface area (Å²) >= 11 is 0. The van der Waals surface area contributed by atoms with Gasteiger partial charge in [-0.2, -0.15) is 5.10 Å². The van der Waals surface area contributed by atoms with Crippen LogP contribution in [0.3, 0.4) is 0 Å². The Balaban J connectivity index is 1.78. The first-order valence-corrected chi connectivity index (χ1v) is 10.7. The van der Waals surface area contributed by atoms with E-state index < -0.39 is 0 Å². The van der Waals surface area contributed by atoms with Gasteiger partial charge in [0.25, 0.3) is 5.91 Å². The number of pyridine rings is 1. The number of rotatable bonds is 3. The summed E-state index contributed by atoms with van der Waals surface area (Å²) in [5.41, 5.74) is 5.11. The molecule has 3 aromatic rings. The molecule has 162 valence electrons. The average molecular weight is 420 g/mol. The van der Waals surface area contributed by atoms with Gasteiger partial charge in [0.15, 0.2) is 5.65 Å². The number of nitrogens with one attached hydrogen (secondary N) is 2. The van der Waals surface area contributed by atoms with Crippen LogP contribution in [0.25, 0.3) is 11.0 Å². The van der Waals surface area contributed by atoms with E-state index in [2.05, 4.69) is 45.3 Å². The molecule has 31 heavy (non-hydrogen) atoms. The molecule has 4 rings (SSSR count). The Labute approximate surface area is 182 Å². The molecule has 2 N–H and O–H groups in total. The number of anilines is 2. The summed E-state index contributed by atoms with van der Waals surface area (Å²) in [5, 5.41) is 11.4. The van der Waals surface area contributed by atoms with Gasteiger partial charge in [0.05, 0.1) is 22.2 Å². The topological polar surface area (TPSA) is 88.9 Å². The second-order valence-electron chi connectivity index (χ2n) is 9.49. The number of benzene rings is 1. The summed E-state index contributed by atoms with van der Waals surface area (Å²) in [4.78, 5) is 30.0. The number of hydrogen-bond acceptors (Lipinski definition) is 4. The summed E-state index contributed by atoms with van der Waals surface area (Å²) in [6.45, 7) is 12.3. The summed E-state index contributed by atoms with van der Waals surface area (Å²) < 4.78 is 1.90. The van der Waals surface area contributed by atoms with E-state index in [-0.39, 0.29) is 23.3 Å². The molecular formula is C24H29N5O2. The lowest BCUT2D eigenvalue weighted by molar-refractivity contribution is -0.116.